The smallest absolute Gasteiger partial charge is 0.261 e. The number of nitrogens with one attached hydrogen (secondary N) is 2. The number of benzene rings is 2. The first-order chi connectivity index (χ1) is 13.5. The van der Waals surface area contributed by atoms with Crippen molar-refractivity contribution in [3.8, 4) is 6.07 Å². The van der Waals surface area contributed by atoms with Crippen LogP contribution < -0.4 is 10.0 Å². The third-order valence-electron chi connectivity index (χ3n) is 3.83. The van der Waals surface area contributed by atoms with E-state index in [2.05, 4.69) is 15.0 Å². The molecule has 2 N–H and O–H groups in total. The van der Waals surface area contributed by atoms with E-state index in [0.29, 0.717) is 11.1 Å². The van der Waals surface area contributed by atoms with Gasteiger partial charge in [0.05, 0.1) is 34.5 Å². The summed E-state index contributed by atoms with van der Waals surface area (Å²) in [6.45, 7) is 0.274. The summed E-state index contributed by atoms with van der Waals surface area (Å²) in [4.78, 5) is 16.3. The highest BCUT2D eigenvalue weighted by molar-refractivity contribution is 7.92. The van der Waals surface area contributed by atoms with Gasteiger partial charge in [-0.1, -0.05) is 12.1 Å². The fraction of sp³-hybridized carbons (Fsp3) is 0.0500. The lowest BCUT2D eigenvalue weighted by Gasteiger charge is -2.09. The quantitative estimate of drug-likeness (QED) is 0.670. The summed E-state index contributed by atoms with van der Waals surface area (Å²) < 4.78 is 27.4. The fourth-order valence-electron chi connectivity index (χ4n) is 2.43. The molecule has 0 saturated carbocycles. The summed E-state index contributed by atoms with van der Waals surface area (Å²) in [6, 6.07) is 19.1. The first kappa shape index (κ1) is 19.1. The summed E-state index contributed by atoms with van der Waals surface area (Å²) >= 11 is 0. The Morgan fingerprint density at radius 3 is 2.50 bits per heavy atom. The lowest BCUT2D eigenvalue weighted by molar-refractivity contribution is 0.0950. The SMILES string of the molecule is N#Cc1cccc(NS(=O)(=O)c2ccc(C(=O)NCc3ccccn3)cc2)c1. The van der Waals surface area contributed by atoms with E-state index in [0.717, 1.165) is 5.69 Å². The Balaban J connectivity index is 1.68. The second kappa shape index (κ2) is 8.33. The largest absolute Gasteiger partial charge is 0.346 e. The van der Waals surface area contributed by atoms with Gasteiger partial charge in [-0.05, 0) is 54.6 Å². The topological polar surface area (TPSA) is 112 Å². The van der Waals surface area contributed by atoms with E-state index in [-0.39, 0.29) is 23.0 Å². The number of carbonyl (C=O) groups is 1. The van der Waals surface area contributed by atoms with E-state index in [1.165, 1.54) is 30.3 Å². The second-order valence-corrected chi connectivity index (χ2v) is 7.51. The van der Waals surface area contributed by atoms with E-state index < -0.39 is 10.0 Å². The van der Waals surface area contributed by atoms with Gasteiger partial charge in [0.25, 0.3) is 15.9 Å². The number of nitrogens with zero attached hydrogens (tertiary/aromatic N) is 2. The van der Waals surface area contributed by atoms with Crippen LogP contribution in [0.15, 0.2) is 77.8 Å². The van der Waals surface area contributed by atoms with Crippen LogP contribution in [0.4, 0.5) is 5.69 Å². The van der Waals surface area contributed by atoms with Gasteiger partial charge in [0, 0.05) is 11.8 Å². The zero-order chi connectivity index (χ0) is 20.0. The van der Waals surface area contributed by atoms with Crippen molar-refractivity contribution in [2.75, 3.05) is 4.72 Å². The lowest BCUT2D eigenvalue weighted by atomic mass is 10.2. The molecule has 1 amide bonds. The van der Waals surface area contributed by atoms with Crippen LogP contribution in [0.25, 0.3) is 0 Å². The van der Waals surface area contributed by atoms with E-state index in [1.807, 2.05) is 12.1 Å². The Hall–Kier alpha value is -3.70. The Morgan fingerprint density at radius 1 is 1.04 bits per heavy atom. The van der Waals surface area contributed by atoms with Gasteiger partial charge < -0.3 is 5.32 Å². The second-order valence-electron chi connectivity index (χ2n) is 5.83. The molecule has 8 heteroatoms. The summed E-state index contributed by atoms with van der Waals surface area (Å²) in [6.07, 6.45) is 1.64. The average Bonchev–Trinajstić information content (AvgIpc) is 2.72. The van der Waals surface area contributed by atoms with Gasteiger partial charge in [-0.15, -0.1) is 0 Å². The van der Waals surface area contributed by atoms with Crippen LogP contribution in [0.1, 0.15) is 21.6 Å². The molecule has 0 aliphatic rings. The number of hydrogen-bond acceptors (Lipinski definition) is 5. The minimum Gasteiger partial charge on any atom is -0.346 e. The molecule has 7 nitrogen and oxygen atoms in total. The molecule has 0 bridgehead atoms. The highest BCUT2D eigenvalue weighted by atomic mass is 32.2. The van der Waals surface area contributed by atoms with Crippen molar-refractivity contribution in [3.05, 3.63) is 89.7 Å². The van der Waals surface area contributed by atoms with Crippen molar-refractivity contribution in [2.24, 2.45) is 0 Å². The maximum absolute atomic E-state index is 12.5. The van der Waals surface area contributed by atoms with Crippen molar-refractivity contribution in [1.29, 1.82) is 5.26 Å². The molecular formula is C20H16N4O3S. The molecule has 140 valence electrons. The summed E-state index contributed by atoms with van der Waals surface area (Å²) in [5, 5.41) is 11.6. The van der Waals surface area contributed by atoms with Gasteiger partial charge in [0.15, 0.2) is 0 Å². The van der Waals surface area contributed by atoms with E-state index in [4.69, 9.17) is 5.26 Å². The zero-order valence-corrected chi connectivity index (χ0v) is 15.5. The fourth-order valence-corrected chi connectivity index (χ4v) is 3.48. The molecule has 0 unspecified atom stereocenters. The molecule has 3 aromatic rings. The number of hydrogen-bond donors (Lipinski definition) is 2. The molecule has 0 radical (unpaired) electrons. The Bertz CT molecular complexity index is 1120. The lowest BCUT2D eigenvalue weighted by Crippen LogP contribution is -2.23. The predicted molar refractivity (Wildman–Crippen MR) is 104 cm³/mol. The zero-order valence-electron chi connectivity index (χ0n) is 14.7. The highest BCUT2D eigenvalue weighted by Crippen LogP contribution is 2.17. The maximum atomic E-state index is 12.5. The van der Waals surface area contributed by atoms with Crippen molar-refractivity contribution in [3.63, 3.8) is 0 Å². The number of sulfonamides is 1. The minimum absolute atomic E-state index is 0.0103. The van der Waals surface area contributed by atoms with Crippen molar-refractivity contribution < 1.29 is 13.2 Å². The van der Waals surface area contributed by atoms with Crippen LogP contribution in [0, 0.1) is 11.3 Å². The van der Waals surface area contributed by atoms with Gasteiger partial charge >= 0.3 is 0 Å². The summed E-state index contributed by atoms with van der Waals surface area (Å²) in [5.41, 5.74) is 1.69. The number of pyridine rings is 1. The maximum Gasteiger partial charge on any atom is 0.261 e. The normalized spacial score (nSPS) is 10.7. The van der Waals surface area contributed by atoms with Gasteiger partial charge in [-0.25, -0.2) is 8.42 Å². The molecule has 2 aromatic carbocycles. The van der Waals surface area contributed by atoms with Crippen molar-refractivity contribution in [1.82, 2.24) is 10.3 Å². The number of anilines is 1. The van der Waals surface area contributed by atoms with E-state index in [1.54, 1.807) is 36.5 Å². The van der Waals surface area contributed by atoms with Crippen LogP contribution in [0.2, 0.25) is 0 Å². The molecule has 1 heterocycles. The number of carbonyl (C=O) groups excluding carboxylic acids is 1. The van der Waals surface area contributed by atoms with Gasteiger partial charge in [-0.2, -0.15) is 5.26 Å². The number of aromatic nitrogens is 1. The minimum atomic E-state index is -3.84. The van der Waals surface area contributed by atoms with Crippen LogP contribution in [0.5, 0.6) is 0 Å². The summed E-state index contributed by atoms with van der Waals surface area (Å²) in [7, 11) is -3.84. The van der Waals surface area contributed by atoms with E-state index >= 15 is 0 Å². The first-order valence-corrected chi connectivity index (χ1v) is 9.77. The number of rotatable bonds is 6. The molecular weight excluding hydrogens is 376 g/mol. The molecule has 0 aliphatic heterocycles. The molecule has 0 fully saturated rings. The monoisotopic (exact) mass is 392 g/mol. The Kier molecular flexibility index (Phi) is 5.67. The van der Waals surface area contributed by atoms with Crippen molar-refractivity contribution in [2.45, 2.75) is 11.4 Å². The van der Waals surface area contributed by atoms with Crippen LogP contribution in [0.3, 0.4) is 0 Å². The van der Waals surface area contributed by atoms with Gasteiger partial charge in [0.2, 0.25) is 0 Å². The average molecular weight is 392 g/mol. The Labute approximate surface area is 162 Å². The molecule has 3 rings (SSSR count). The van der Waals surface area contributed by atoms with Crippen LogP contribution in [-0.2, 0) is 16.6 Å². The van der Waals surface area contributed by atoms with Crippen molar-refractivity contribution >= 4 is 21.6 Å². The Morgan fingerprint density at radius 2 is 1.82 bits per heavy atom. The molecule has 0 atom stereocenters. The molecule has 28 heavy (non-hydrogen) atoms. The third kappa shape index (κ3) is 4.72. The van der Waals surface area contributed by atoms with Gasteiger partial charge in [0.1, 0.15) is 0 Å². The predicted octanol–water partition coefficient (Wildman–Crippen LogP) is 2.68. The third-order valence-corrected chi connectivity index (χ3v) is 5.22. The molecule has 0 aliphatic carbocycles. The first-order valence-electron chi connectivity index (χ1n) is 8.29. The molecule has 0 saturated heterocycles. The standard InChI is InChI=1S/C20H16N4O3S/c21-13-15-4-3-6-17(12-15)24-28(26,27)19-9-7-16(8-10-19)20(25)23-14-18-5-1-2-11-22-18/h1-12,24H,14H2,(H,23,25). The highest BCUT2D eigenvalue weighted by Gasteiger charge is 2.15. The summed E-state index contributed by atoms with van der Waals surface area (Å²) in [5.74, 6) is -0.329. The number of nitriles is 1. The van der Waals surface area contributed by atoms with Crippen LogP contribution >= 0.6 is 0 Å². The molecule has 0 spiro atoms. The number of amides is 1. The van der Waals surface area contributed by atoms with E-state index in [9.17, 15) is 13.2 Å². The molecule has 1 aromatic heterocycles. The van der Waals surface area contributed by atoms with Crippen LogP contribution in [-0.4, -0.2) is 19.3 Å². The van der Waals surface area contributed by atoms with Gasteiger partial charge in [-0.3, -0.25) is 14.5 Å².